The number of allylic oxidation sites excluding steroid dienone is 1. The summed E-state index contributed by atoms with van der Waals surface area (Å²) in [6, 6.07) is 15.9. The molecule has 2 N–H and O–H groups in total. The number of hydrogen-bond acceptors (Lipinski definition) is 6. The smallest absolute Gasteiger partial charge is 0.224 e. The molecule has 1 aromatic carbocycles. The molecular weight excluding hydrogens is 402 g/mol. The number of fused-ring (bicyclic) bond motifs is 1. The van der Waals surface area contributed by atoms with Crippen LogP contribution < -0.4 is 10.5 Å². The topological polar surface area (TPSA) is 108 Å². The molecule has 0 radical (unpaired) electrons. The maximum atomic E-state index is 9.98. The van der Waals surface area contributed by atoms with Crippen molar-refractivity contribution in [3.63, 3.8) is 0 Å². The minimum atomic E-state index is -0.426. The van der Waals surface area contributed by atoms with E-state index in [0.29, 0.717) is 22.8 Å². The molecular formula is C24H21N7O. The van der Waals surface area contributed by atoms with E-state index < -0.39 is 5.92 Å². The third-order valence-electron chi connectivity index (χ3n) is 5.50. The second kappa shape index (κ2) is 7.71. The molecule has 1 unspecified atom stereocenters. The van der Waals surface area contributed by atoms with Crippen LogP contribution in [0.1, 0.15) is 36.9 Å². The standard InChI is InChI=1S/C24H21N7O/c1-15(2)31-24-21(22(29-31)19-5-3-4-10-28-19)20(18(13-25)23(26)32-24)16-6-8-17(9-7-16)30-12-11-27-14-30/h3-12,14-15,20H,26H2,1-2H3. The number of nitrogens with two attached hydrogens (primary N) is 1. The van der Waals surface area contributed by atoms with Crippen LogP contribution in [0.15, 0.2) is 78.8 Å². The molecule has 0 saturated heterocycles. The summed E-state index contributed by atoms with van der Waals surface area (Å²) in [6.07, 6.45) is 7.08. The summed E-state index contributed by atoms with van der Waals surface area (Å²) in [5.74, 6) is 0.212. The molecule has 158 valence electrons. The molecule has 32 heavy (non-hydrogen) atoms. The lowest BCUT2D eigenvalue weighted by atomic mass is 9.83. The molecule has 0 bridgehead atoms. The zero-order chi connectivity index (χ0) is 22.2. The lowest BCUT2D eigenvalue weighted by Crippen LogP contribution is -2.22. The van der Waals surface area contributed by atoms with Gasteiger partial charge in [-0.3, -0.25) is 4.98 Å². The molecule has 8 nitrogen and oxygen atoms in total. The highest BCUT2D eigenvalue weighted by Gasteiger charge is 2.38. The van der Waals surface area contributed by atoms with E-state index in [-0.39, 0.29) is 11.9 Å². The molecule has 0 saturated carbocycles. The minimum absolute atomic E-state index is 0.0296. The highest BCUT2D eigenvalue weighted by Crippen LogP contribution is 2.47. The van der Waals surface area contributed by atoms with Crippen LogP contribution in [0.25, 0.3) is 17.1 Å². The monoisotopic (exact) mass is 423 g/mol. The number of nitrogens with zero attached hydrogens (tertiary/aromatic N) is 6. The Hall–Kier alpha value is -4.38. The molecule has 0 amide bonds. The fourth-order valence-electron chi connectivity index (χ4n) is 3.99. The van der Waals surface area contributed by atoms with Gasteiger partial charge in [-0.2, -0.15) is 10.4 Å². The number of pyridine rings is 1. The summed E-state index contributed by atoms with van der Waals surface area (Å²) in [7, 11) is 0. The maximum absolute atomic E-state index is 9.98. The predicted octanol–water partition coefficient (Wildman–Crippen LogP) is 3.93. The van der Waals surface area contributed by atoms with Gasteiger partial charge in [-0.25, -0.2) is 9.67 Å². The van der Waals surface area contributed by atoms with Gasteiger partial charge in [0.25, 0.3) is 0 Å². The second-order valence-electron chi connectivity index (χ2n) is 7.81. The van der Waals surface area contributed by atoms with Crippen LogP contribution in [0.5, 0.6) is 5.88 Å². The summed E-state index contributed by atoms with van der Waals surface area (Å²) < 4.78 is 9.68. The summed E-state index contributed by atoms with van der Waals surface area (Å²) in [5, 5.41) is 14.8. The zero-order valence-electron chi connectivity index (χ0n) is 17.7. The largest absolute Gasteiger partial charge is 0.422 e. The van der Waals surface area contributed by atoms with Gasteiger partial charge in [0, 0.05) is 24.3 Å². The fourth-order valence-corrected chi connectivity index (χ4v) is 3.99. The first-order chi connectivity index (χ1) is 15.6. The zero-order valence-corrected chi connectivity index (χ0v) is 17.7. The number of hydrogen-bond donors (Lipinski definition) is 1. The van der Waals surface area contributed by atoms with Crippen molar-refractivity contribution in [2.75, 3.05) is 0 Å². The normalized spacial score (nSPS) is 15.4. The van der Waals surface area contributed by atoms with Gasteiger partial charge >= 0.3 is 0 Å². The Balaban J connectivity index is 1.72. The van der Waals surface area contributed by atoms with Gasteiger partial charge < -0.3 is 15.0 Å². The lowest BCUT2D eigenvalue weighted by Gasteiger charge is -2.25. The van der Waals surface area contributed by atoms with E-state index in [1.807, 2.05) is 67.1 Å². The number of nitriles is 1. The first-order valence-corrected chi connectivity index (χ1v) is 10.3. The Morgan fingerprint density at radius 3 is 2.56 bits per heavy atom. The van der Waals surface area contributed by atoms with Crippen molar-refractivity contribution in [2.45, 2.75) is 25.8 Å². The summed E-state index contributed by atoms with van der Waals surface area (Å²) in [6.45, 7) is 4.04. The van der Waals surface area contributed by atoms with Gasteiger partial charge in [0.2, 0.25) is 11.8 Å². The summed E-state index contributed by atoms with van der Waals surface area (Å²) in [4.78, 5) is 8.61. The average molecular weight is 423 g/mol. The molecule has 1 atom stereocenters. The van der Waals surface area contributed by atoms with E-state index in [9.17, 15) is 5.26 Å². The van der Waals surface area contributed by atoms with Crippen molar-refractivity contribution in [3.8, 4) is 29.0 Å². The molecule has 4 aromatic rings. The van der Waals surface area contributed by atoms with E-state index in [1.54, 1.807) is 23.4 Å². The Labute approximate surface area is 185 Å². The minimum Gasteiger partial charge on any atom is -0.422 e. The Kier molecular flexibility index (Phi) is 4.71. The first-order valence-electron chi connectivity index (χ1n) is 10.3. The molecule has 1 aliphatic rings. The number of benzene rings is 1. The first kappa shape index (κ1) is 19.6. The van der Waals surface area contributed by atoms with Crippen LogP contribution in [-0.4, -0.2) is 24.3 Å². The SMILES string of the molecule is CC(C)n1nc(-c2ccccn2)c2c1OC(N)=C(C#N)C2c1ccc(-n2ccnc2)cc1. The van der Waals surface area contributed by atoms with E-state index >= 15 is 0 Å². The second-order valence-corrected chi connectivity index (χ2v) is 7.81. The summed E-state index contributed by atoms with van der Waals surface area (Å²) in [5.41, 5.74) is 10.6. The van der Waals surface area contributed by atoms with Crippen LogP contribution in [0.2, 0.25) is 0 Å². The van der Waals surface area contributed by atoms with Crippen LogP contribution in [-0.2, 0) is 0 Å². The van der Waals surface area contributed by atoms with Crippen LogP contribution in [0.4, 0.5) is 0 Å². The summed E-state index contributed by atoms with van der Waals surface area (Å²) >= 11 is 0. The quantitative estimate of drug-likeness (QED) is 0.533. The molecule has 3 aromatic heterocycles. The molecule has 5 rings (SSSR count). The average Bonchev–Trinajstić information content (AvgIpc) is 3.47. The van der Waals surface area contributed by atoms with Gasteiger partial charge in [0.05, 0.1) is 29.5 Å². The van der Waals surface area contributed by atoms with Crippen molar-refractivity contribution in [2.24, 2.45) is 5.73 Å². The number of aromatic nitrogens is 5. The molecule has 0 fully saturated rings. The highest BCUT2D eigenvalue weighted by molar-refractivity contribution is 5.69. The fraction of sp³-hybridized carbons (Fsp3) is 0.167. The maximum Gasteiger partial charge on any atom is 0.224 e. The van der Waals surface area contributed by atoms with Crippen LogP contribution in [0.3, 0.4) is 0 Å². The van der Waals surface area contributed by atoms with Crippen LogP contribution >= 0.6 is 0 Å². The van der Waals surface area contributed by atoms with Gasteiger partial charge in [-0.15, -0.1) is 0 Å². The van der Waals surface area contributed by atoms with Crippen molar-refractivity contribution in [3.05, 3.63) is 90.0 Å². The van der Waals surface area contributed by atoms with E-state index in [0.717, 1.165) is 16.8 Å². The Bertz CT molecular complexity index is 1330. The van der Waals surface area contributed by atoms with E-state index in [1.165, 1.54) is 0 Å². The molecule has 0 aliphatic carbocycles. The van der Waals surface area contributed by atoms with Crippen molar-refractivity contribution in [1.82, 2.24) is 24.3 Å². The molecule has 0 spiro atoms. The van der Waals surface area contributed by atoms with Gasteiger partial charge in [0.1, 0.15) is 17.3 Å². The van der Waals surface area contributed by atoms with Crippen molar-refractivity contribution >= 4 is 0 Å². The van der Waals surface area contributed by atoms with Gasteiger partial charge in [-0.1, -0.05) is 18.2 Å². The third kappa shape index (κ3) is 3.11. The third-order valence-corrected chi connectivity index (χ3v) is 5.50. The molecule has 4 heterocycles. The highest BCUT2D eigenvalue weighted by atomic mass is 16.5. The van der Waals surface area contributed by atoms with Crippen LogP contribution in [0, 0.1) is 11.3 Å². The Morgan fingerprint density at radius 1 is 1.12 bits per heavy atom. The lowest BCUT2D eigenvalue weighted by molar-refractivity contribution is 0.334. The number of imidazole rings is 1. The molecule has 8 heteroatoms. The van der Waals surface area contributed by atoms with Crippen molar-refractivity contribution < 1.29 is 4.74 Å². The van der Waals surface area contributed by atoms with E-state index in [4.69, 9.17) is 15.6 Å². The van der Waals surface area contributed by atoms with Crippen molar-refractivity contribution in [1.29, 1.82) is 5.26 Å². The molecule has 1 aliphatic heterocycles. The Morgan fingerprint density at radius 2 is 1.94 bits per heavy atom. The predicted molar refractivity (Wildman–Crippen MR) is 119 cm³/mol. The van der Waals surface area contributed by atoms with Gasteiger partial charge in [-0.05, 0) is 43.7 Å². The van der Waals surface area contributed by atoms with Gasteiger partial charge in [0.15, 0.2) is 0 Å². The van der Waals surface area contributed by atoms with E-state index in [2.05, 4.69) is 16.0 Å². The number of ether oxygens (including phenoxy) is 1. The number of rotatable bonds is 4.